The molecule has 0 saturated heterocycles. The number of hydrogen-bond donors (Lipinski definition) is 1. The molecule has 1 N–H and O–H groups in total. The Morgan fingerprint density at radius 3 is 2.85 bits per heavy atom. The molecule has 0 aliphatic carbocycles. The lowest BCUT2D eigenvalue weighted by Crippen LogP contribution is -1.88. The molecule has 0 radical (unpaired) electrons. The van der Waals surface area contributed by atoms with E-state index in [0.717, 1.165) is 5.56 Å². The summed E-state index contributed by atoms with van der Waals surface area (Å²) in [4.78, 5) is 0. The first kappa shape index (κ1) is 9.32. The van der Waals surface area contributed by atoms with Crippen LogP contribution in [-0.4, -0.2) is 11.7 Å². The second-order valence-corrected chi connectivity index (χ2v) is 2.57. The van der Waals surface area contributed by atoms with Crippen molar-refractivity contribution in [3.63, 3.8) is 0 Å². The standard InChI is InChI=1S/C11H9NO/c1-9-4-2-5-10(8-12)11(9)6-3-7-13/h2,4-5,13H,7H2,1H3. The molecule has 0 aliphatic rings. The van der Waals surface area contributed by atoms with Crippen LogP contribution in [-0.2, 0) is 0 Å². The second kappa shape index (κ2) is 4.30. The first-order chi connectivity index (χ1) is 6.29. The Balaban J connectivity index is 3.25. The van der Waals surface area contributed by atoms with E-state index in [-0.39, 0.29) is 6.61 Å². The Labute approximate surface area is 77.4 Å². The van der Waals surface area contributed by atoms with Gasteiger partial charge in [0, 0.05) is 5.56 Å². The van der Waals surface area contributed by atoms with Crippen molar-refractivity contribution in [2.75, 3.05) is 6.61 Å². The third-order valence-electron chi connectivity index (χ3n) is 1.69. The van der Waals surface area contributed by atoms with Crippen LogP contribution >= 0.6 is 0 Å². The van der Waals surface area contributed by atoms with Gasteiger partial charge in [0.05, 0.1) is 5.56 Å². The monoisotopic (exact) mass is 171 g/mol. The third-order valence-corrected chi connectivity index (χ3v) is 1.69. The summed E-state index contributed by atoms with van der Waals surface area (Å²) < 4.78 is 0. The number of hydrogen-bond acceptors (Lipinski definition) is 2. The van der Waals surface area contributed by atoms with Gasteiger partial charge in [-0.1, -0.05) is 24.0 Å². The molecule has 0 saturated carbocycles. The minimum Gasteiger partial charge on any atom is -0.384 e. The molecule has 0 aromatic heterocycles. The highest BCUT2D eigenvalue weighted by Crippen LogP contribution is 2.11. The topological polar surface area (TPSA) is 44.0 Å². The van der Waals surface area contributed by atoms with Gasteiger partial charge < -0.3 is 5.11 Å². The molecule has 0 unspecified atom stereocenters. The van der Waals surface area contributed by atoms with E-state index in [1.165, 1.54) is 0 Å². The van der Waals surface area contributed by atoms with Crippen molar-refractivity contribution in [3.8, 4) is 17.9 Å². The number of rotatable bonds is 0. The third kappa shape index (κ3) is 2.08. The van der Waals surface area contributed by atoms with Crippen molar-refractivity contribution in [1.29, 1.82) is 5.26 Å². The van der Waals surface area contributed by atoms with Crippen LogP contribution in [0.3, 0.4) is 0 Å². The Bertz CT molecular complexity index is 404. The minimum atomic E-state index is -0.181. The Morgan fingerprint density at radius 1 is 1.46 bits per heavy atom. The quantitative estimate of drug-likeness (QED) is 0.596. The Hall–Kier alpha value is -1.77. The molecule has 0 heterocycles. The van der Waals surface area contributed by atoms with Gasteiger partial charge in [0.25, 0.3) is 0 Å². The van der Waals surface area contributed by atoms with Gasteiger partial charge in [0.2, 0.25) is 0 Å². The lowest BCUT2D eigenvalue weighted by molar-refractivity contribution is 0.350. The van der Waals surface area contributed by atoms with Gasteiger partial charge in [-0.3, -0.25) is 0 Å². The van der Waals surface area contributed by atoms with Crippen LogP contribution in [0.2, 0.25) is 0 Å². The van der Waals surface area contributed by atoms with Gasteiger partial charge in [-0.15, -0.1) is 0 Å². The van der Waals surface area contributed by atoms with Gasteiger partial charge >= 0.3 is 0 Å². The lowest BCUT2D eigenvalue weighted by Gasteiger charge is -1.98. The first-order valence-electron chi connectivity index (χ1n) is 3.89. The van der Waals surface area contributed by atoms with Crippen molar-refractivity contribution in [3.05, 3.63) is 34.9 Å². The maximum absolute atomic E-state index is 8.76. The van der Waals surface area contributed by atoms with E-state index in [1.807, 2.05) is 19.1 Å². The zero-order valence-corrected chi connectivity index (χ0v) is 7.33. The number of nitriles is 1. The molecule has 1 aromatic rings. The first-order valence-corrected chi connectivity index (χ1v) is 3.89. The fourth-order valence-electron chi connectivity index (χ4n) is 1.05. The van der Waals surface area contributed by atoms with Gasteiger partial charge in [-0.05, 0) is 18.6 Å². The van der Waals surface area contributed by atoms with Crippen LogP contribution in [0.4, 0.5) is 0 Å². The highest BCUT2D eigenvalue weighted by molar-refractivity contribution is 5.52. The van der Waals surface area contributed by atoms with E-state index < -0.39 is 0 Å². The molecular formula is C11H9NO. The summed E-state index contributed by atoms with van der Waals surface area (Å²) in [7, 11) is 0. The molecule has 0 aliphatic heterocycles. The van der Waals surface area contributed by atoms with Crippen molar-refractivity contribution in [2.45, 2.75) is 6.92 Å². The maximum Gasteiger partial charge on any atom is 0.104 e. The molecule has 0 bridgehead atoms. The molecule has 2 nitrogen and oxygen atoms in total. The molecule has 64 valence electrons. The Morgan fingerprint density at radius 2 is 2.23 bits per heavy atom. The SMILES string of the molecule is Cc1cccc(C#N)c1C#CCO. The largest absolute Gasteiger partial charge is 0.384 e. The van der Waals surface area contributed by atoms with Gasteiger partial charge in [-0.2, -0.15) is 5.26 Å². The van der Waals surface area contributed by atoms with Crippen molar-refractivity contribution in [2.24, 2.45) is 0 Å². The predicted octanol–water partition coefficient (Wildman–Crippen LogP) is 1.21. The number of aliphatic hydroxyl groups excluding tert-OH is 1. The summed E-state index contributed by atoms with van der Waals surface area (Å²) >= 11 is 0. The summed E-state index contributed by atoms with van der Waals surface area (Å²) in [5, 5.41) is 17.3. The average Bonchev–Trinajstić information content (AvgIpc) is 2.15. The molecule has 1 rings (SSSR count). The predicted molar refractivity (Wildman–Crippen MR) is 49.9 cm³/mol. The van der Waals surface area contributed by atoms with Gasteiger partial charge in [-0.25, -0.2) is 0 Å². The van der Waals surface area contributed by atoms with Gasteiger partial charge in [0.1, 0.15) is 12.7 Å². The molecule has 13 heavy (non-hydrogen) atoms. The smallest absolute Gasteiger partial charge is 0.104 e. The van der Waals surface area contributed by atoms with E-state index in [2.05, 4.69) is 17.9 Å². The fraction of sp³-hybridized carbons (Fsp3) is 0.182. The normalized spacial score (nSPS) is 8.38. The summed E-state index contributed by atoms with van der Waals surface area (Å²) in [6.45, 7) is 1.71. The van der Waals surface area contributed by atoms with Gasteiger partial charge in [0.15, 0.2) is 0 Å². The molecule has 0 fully saturated rings. The number of benzene rings is 1. The molecule has 0 spiro atoms. The average molecular weight is 171 g/mol. The summed E-state index contributed by atoms with van der Waals surface area (Å²) in [6.07, 6.45) is 0. The van der Waals surface area contributed by atoms with Crippen molar-refractivity contribution in [1.82, 2.24) is 0 Å². The zero-order chi connectivity index (χ0) is 9.68. The summed E-state index contributed by atoms with van der Waals surface area (Å²) in [5.74, 6) is 5.29. The van der Waals surface area contributed by atoms with Crippen LogP contribution in [0.15, 0.2) is 18.2 Å². The van der Waals surface area contributed by atoms with Crippen molar-refractivity contribution < 1.29 is 5.11 Å². The second-order valence-electron chi connectivity index (χ2n) is 2.57. The highest BCUT2D eigenvalue weighted by atomic mass is 16.2. The summed E-state index contributed by atoms with van der Waals surface area (Å²) in [6, 6.07) is 7.49. The molecule has 0 amide bonds. The van der Waals surface area contributed by atoms with E-state index in [4.69, 9.17) is 10.4 Å². The maximum atomic E-state index is 8.76. The van der Waals surface area contributed by atoms with E-state index in [1.54, 1.807) is 6.07 Å². The van der Waals surface area contributed by atoms with E-state index >= 15 is 0 Å². The van der Waals surface area contributed by atoms with E-state index in [9.17, 15) is 0 Å². The molecule has 2 heteroatoms. The highest BCUT2D eigenvalue weighted by Gasteiger charge is 2.00. The Kier molecular flexibility index (Phi) is 3.09. The van der Waals surface area contributed by atoms with Crippen LogP contribution in [0.25, 0.3) is 0 Å². The van der Waals surface area contributed by atoms with Crippen LogP contribution in [0, 0.1) is 30.1 Å². The zero-order valence-electron chi connectivity index (χ0n) is 7.33. The molecule has 1 aromatic carbocycles. The fourth-order valence-corrected chi connectivity index (χ4v) is 1.05. The number of aliphatic hydroxyl groups is 1. The number of aryl methyl sites for hydroxylation is 1. The summed E-state index contributed by atoms with van der Waals surface area (Å²) in [5.41, 5.74) is 2.22. The van der Waals surface area contributed by atoms with Crippen molar-refractivity contribution >= 4 is 0 Å². The molecule has 0 atom stereocenters. The lowest BCUT2D eigenvalue weighted by atomic mass is 10.0. The van der Waals surface area contributed by atoms with E-state index in [0.29, 0.717) is 11.1 Å². The van der Waals surface area contributed by atoms with Crippen LogP contribution < -0.4 is 0 Å². The van der Waals surface area contributed by atoms with Crippen LogP contribution in [0.5, 0.6) is 0 Å². The van der Waals surface area contributed by atoms with Crippen LogP contribution in [0.1, 0.15) is 16.7 Å². The minimum absolute atomic E-state index is 0.181. The number of nitrogens with zero attached hydrogens (tertiary/aromatic N) is 1. The molecular weight excluding hydrogens is 162 g/mol.